The molecule has 0 N–H and O–H groups in total. The van der Waals surface area contributed by atoms with Crippen LogP contribution in [0.5, 0.6) is 0 Å². The molecule has 2 amide bonds. The van der Waals surface area contributed by atoms with Gasteiger partial charge in [0.15, 0.2) is 11.7 Å². The monoisotopic (exact) mass is 406 g/mol. The Kier molecular flexibility index (Phi) is 5.81. The summed E-state index contributed by atoms with van der Waals surface area (Å²) in [4.78, 5) is 24.4. The molecule has 0 spiro atoms. The Morgan fingerprint density at radius 3 is 2.80 bits per heavy atom. The van der Waals surface area contributed by atoms with Crippen LogP contribution < -0.4 is 4.90 Å². The van der Waals surface area contributed by atoms with Gasteiger partial charge in [-0.05, 0) is 42.7 Å². The number of carbonyl (C=O) groups excluding carboxylic acids is 1. The maximum Gasteiger partial charge on any atom is 0.325 e. The van der Waals surface area contributed by atoms with Crippen LogP contribution in [0.3, 0.4) is 0 Å². The molecule has 30 heavy (non-hydrogen) atoms. The number of hydrogen-bond acceptors (Lipinski definition) is 5. The summed E-state index contributed by atoms with van der Waals surface area (Å²) in [6.45, 7) is 6.70. The van der Waals surface area contributed by atoms with Crippen LogP contribution in [-0.2, 0) is 17.8 Å². The van der Waals surface area contributed by atoms with Crippen molar-refractivity contribution in [3.63, 3.8) is 0 Å². The molecule has 1 aliphatic rings. The van der Waals surface area contributed by atoms with Crippen LogP contribution in [0.2, 0.25) is 0 Å². The number of rotatable bonds is 7. The first-order chi connectivity index (χ1) is 14.5. The summed E-state index contributed by atoms with van der Waals surface area (Å²) in [6, 6.07) is 10.0. The number of amides is 2. The van der Waals surface area contributed by atoms with Crippen LogP contribution in [-0.4, -0.2) is 47.6 Å². The molecule has 3 aromatic rings. The van der Waals surface area contributed by atoms with Gasteiger partial charge in [0, 0.05) is 44.9 Å². The highest BCUT2D eigenvalue weighted by Gasteiger charge is 2.27. The lowest BCUT2D eigenvalue weighted by Gasteiger charge is -2.15. The van der Waals surface area contributed by atoms with Gasteiger partial charge < -0.3 is 14.1 Å². The molecule has 0 atom stereocenters. The average Bonchev–Trinajstić information content (AvgIpc) is 3.35. The highest BCUT2D eigenvalue weighted by molar-refractivity contribution is 5.93. The van der Waals surface area contributed by atoms with E-state index in [2.05, 4.69) is 35.1 Å². The van der Waals surface area contributed by atoms with E-state index in [1.807, 2.05) is 19.1 Å². The molecular formula is C23H26N4O3. The number of anilines is 1. The number of nitrogens with zero attached hydrogens (tertiary/aromatic N) is 4. The van der Waals surface area contributed by atoms with Crippen molar-refractivity contribution in [2.24, 2.45) is 0 Å². The van der Waals surface area contributed by atoms with Crippen LogP contribution in [0.4, 0.5) is 10.6 Å². The first-order valence-corrected chi connectivity index (χ1v) is 10.1. The molecule has 1 fully saturated rings. The fourth-order valence-electron chi connectivity index (χ4n) is 3.49. The Balaban J connectivity index is 1.53. The van der Waals surface area contributed by atoms with Crippen molar-refractivity contribution < 1.29 is 13.9 Å². The second kappa shape index (κ2) is 8.67. The first kappa shape index (κ1) is 20.1. The van der Waals surface area contributed by atoms with Crippen molar-refractivity contribution in [3.8, 4) is 11.3 Å². The zero-order chi connectivity index (χ0) is 21.1. The third kappa shape index (κ3) is 4.21. The van der Waals surface area contributed by atoms with Crippen molar-refractivity contribution in [2.45, 2.75) is 26.9 Å². The van der Waals surface area contributed by atoms with E-state index in [0.29, 0.717) is 50.2 Å². The van der Waals surface area contributed by atoms with Gasteiger partial charge in [0.25, 0.3) is 0 Å². The van der Waals surface area contributed by atoms with Gasteiger partial charge >= 0.3 is 6.03 Å². The van der Waals surface area contributed by atoms with E-state index < -0.39 is 0 Å². The minimum absolute atomic E-state index is 0.0414. The normalized spacial score (nSPS) is 14.0. The SMILES string of the molecule is CCOCc1ccc(C)c(Cc2ncc(-c3ccnc(N4CCN(C)C4=O)c3)o2)c1. The lowest BCUT2D eigenvalue weighted by molar-refractivity contribution is 0.134. The largest absolute Gasteiger partial charge is 0.440 e. The number of likely N-dealkylation sites (N-methyl/N-ethyl adjacent to an activating group) is 1. The molecule has 1 aromatic carbocycles. The van der Waals surface area contributed by atoms with Gasteiger partial charge in [-0.1, -0.05) is 18.2 Å². The molecule has 7 nitrogen and oxygen atoms in total. The second-order valence-electron chi connectivity index (χ2n) is 7.45. The number of benzene rings is 1. The molecule has 0 bridgehead atoms. The summed E-state index contributed by atoms with van der Waals surface area (Å²) in [5.41, 5.74) is 4.35. The second-order valence-corrected chi connectivity index (χ2v) is 7.45. The van der Waals surface area contributed by atoms with Crippen molar-refractivity contribution in [2.75, 3.05) is 31.6 Å². The van der Waals surface area contributed by atoms with E-state index in [1.54, 1.807) is 29.2 Å². The highest BCUT2D eigenvalue weighted by atomic mass is 16.5. The quantitative estimate of drug-likeness (QED) is 0.592. The van der Waals surface area contributed by atoms with E-state index in [4.69, 9.17) is 9.15 Å². The Morgan fingerprint density at radius 1 is 1.17 bits per heavy atom. The molecule has 2 aromatic heterocycles. The molecule has 7 heteroatoms. The highest BCUT2D eigenvalue weighted by Crippen LogP contribution is 2.26. The maximum absolute atomic E-state index is 12.3. The molecule has 0 saturated carbocycles. The van der Waals surface area contributed by atoms with Crippen LogP contribution in [0.1, 0.15) is 29.5 Å². The Labute approximate surface area is 176 Å². The molecule has 3 heterocycles. The molecule has 4 rings (SSSR count). The van der Waals surface area contributed by atoms with Crippen LogP contribution in [0.25, 0.3) is 11.3 Å². The number of aryl methyl sites for hydroxylation is 1. The number of ether oxygens (including phenoxy) is 1. The number of carbonyl (C=O) groups is 1. The summed E-state index contributed by atoms with van der Waals surface area (Å²) in [5.74, 6) is 1.94. The van der Waals surface area contributed by atoms with Gasteiger partial charge in [0.2, 0.25) is 0 Å². The molecule has 1 saturated heterocycles. The minimum Gasteiger partial charge on any atom is -0.440 e. The smallest absolute Gasteiger partial charge is 0.325 e. The molecule has 1 aliphatic heterocycles. The lowest BCUT2D eigenvalue weighted by Crippen LogP contribution is -2.29. The van der Waals surface area contributed by atoms with E-state index in [9.17, 15) is 4.79 Å². The summed E-state index contributed by atoms with van der Waals surface area (Å²) in [6.07, 6.45) is 4.03. The first-order valence-electron chi connectivity index (χ1n) is 10.1. The summed E-state index contributed by atoms with van der Waals surface area (Å²) in [5, 5.41) is 0. The van der Waals surface area contributed by atoms with Gasteiger partial charge in [0.05, 0.1) is 12.8 Å². The van der Waals surface area contributed by atoms with Crippen molar-refractivity contribution in [1.82, 2.24) is 14.9 Å². The number of pyridine rings is 1. The van der Waals surface area contributed by atoms with Gasteiger partial charge in [0.1, 0.15) is 5.82 Å². The van der Waals surface area contributed by atoms with E-state index >= 15 is 0 Å². The topological polar surface area (TPSA) is 71.7 Å². The standard InChI is InChI=1S/C23H26N4O3/c1-4-29-15-17-6-5-16(2)19(11-17)13-22-25-14-20(30-22)18-7-8-24-21(12-18)27-10-9-26(3)23(27)28/h5-8,11-12,14H,4,9-10,13,15H2,1-3H3. The van der Waals surface area contributed by atoms with Crippen molar-refractivity contribution >= 4 is 11.8 Å². The average molecular weight is 406 g/mol. The Bertz CT molecular complexity index is 1050. The predicted octanol–water partition coefficient (Wildman–Crippen LogP) is 4.04. The number of oxazole rings is 1. The van der Waals surface area contributed by atoms with Crippen molar-refractivity contribution in [1.29, 1.82) is 0 Å². The van der Waals surface area contributed by atoms with Gasteiger partial charge in [-0.25, -0.2) is 14.8 Å². The molecule has 0 unspecified atom stereocenters. The minimum atomic E-state index is -0.0414. The fourth-order valence-corrected chi connectivity index (χ4v) is 3.49. The third-order valence-electron chi connectivity index (χ3n) is 5.30. The summed E-state index contributed by atoms with van der Waals surface area (Å²) >= 11 is 0. The molecule has 0 aliphatic carbocycles. The van der Waals surface area contributed by atoms with E-state index in [0.717, 1.165) is 11.1 Å². The van der Waals surface area contributed by atoms with Crippen molar-refractivity contribution in [3.05, 3.63) is 65.3 Å². The number of aromatic nitrogens is 2. The van der Waals surface area contributed by atoms with E-state index in [-0.39, 0.29) is 6.03 Å². The zero-order valence-electron chi connectivity index (χ0n) is 17.6. The Hall–Kier alpha value is -3.19. The van der Waals surface area contributed by atoms with Gasteiger partial charge in [-0.3, -0.25) is 4.90 Å². The summed E-state index contributed by atoms with van der Waals surface area (Å²) < 4.78 is 11.5. The number of urea groups is 1. The van der Waals surface area contributed by atoms with Gasteiger partial charge in [-0.15, -0.1) is 0 Å². The lowest BCUT2D eigenvalue weighted by atomic mass is 10.0. The van der Waals surface area contributed by atoms with Crippen LogP contribution in [0.15, 0.2) is 47.1 Å². The van der Waals surface area contributed by atoms with Crippen LogP contribution >= 0.6 is 0 Å². The summed E-state index contributed by atoms with van der Waals surface area (Å²) in [7, 11) is 1.79. The molecule has 156 valence electrons. The van der Waals surface area contributed by atoms with E-state index in [1.165, 1.54) is 11.1 Å². The third-order valence-corrected chi connectivity index (χ3v) is 5.30. The maximum atomic E-state index is 12.3. The Morgan fingerprint density at radius 2 is 2.03 bits per heavy atom. The zero-order valence-corrected chi connectivity index (χ0v) is 17.6. The van der Waals surface area contributed by atoms with Gasteiger partial charge in [-0.2, -0.15) is 0 Å². The molecule has 0 radical (unpaired) electrons. The van der Waals surface area contributed by atoms with Crippen LogP contribution in [0, 0.1) is 6.92 Å². The molecular weight excluding hydrogens is 380 g/mol. The predicted molar refractivity (Wildman–Crippen MR) is 114 cm³/mol. The number of hydrogen-bond donors (Lipinski definition) is 0. The fraction of sp³-hybridized carbons (Fsp3) is 0.348.